The summed E-state index contributed by atoms with van der Waals surface area (Å²) < 4.78 is 23.5. The Hall–Kier alpha value is -1.88. The van der Waals surface area contributed by atoms with Crippen LogP contribution in [0.25, 0.3) is 11.5 Å². The number of rotatable bonds is 4. The van der Waals surface area contributed by atoms with E-state index in [1.54, 1.807) is 0 Å². The molecule has 0 spiro atoms. The summed E-state index contributed by atoms with van der Waals surface area (Å²) >= 11 is 5.75. The summed E-state index contributed by atoms with van der Waals surface area (Å²) in [5.74, 6) is -0.136. The highest BCUT2D eigenvalue weighted by atomic mass is 35.5. The number of hydrogen-bond acceptors (Lipinski definition) is 4. The van der Waals surface area contributed by atoms with Crippen LogP contribution in [0.4, 0.5) is 4.39 Å². The topological polar surface area (TPSA) is 52.3 Å². The first-order chi connectivity index (χ1) is 9.92. The third-order valence-electron chi connectivity index (χ3n) is 2.84. The molecule has 0 radical (unpaired) electrons. The number of nitrogens with zero attached hydrogens (tertiary/aromatic N) is 1. The van der Waals surface area contributed by atoms with E-state index in [1.165, 1.54) is 25.3 Å². The molecule has 0 saturated heterocycles. The van der Waals surface area contributed by atoms with Gasteiger partial charge in [0.1, 0.15) is 11.6 Å². The third-order valence-corrected chi connectivity index (χ3v) is 3.13. The van der Waals surface area contributed by atoms with Crippen LogP contribution in [0.2, 0.25) is 5.02 Å². The molecule has 0 aliphatic rings. The summed E-state index contributed by atoms with van der Waals surface area (Å²) in [6.07, 6.45) is 0.548. The van der Waals surface area contributed by atoms with Gasteiger partial charge >= 0.3 is 5.97 Å². The van der Waals surface area contributed by atoms with E-state index in [0.29, 0.717) is 17.7 Å². The Balaban J connectivity index is 2.47. The largest absolute Gasteiger partial charge is 0.464 e. The highest BCUT2D eigenvalue weighted by Gasteiger charge is 2.22. The number of oxazole rings is 1. The fourth-order valence-electron chi connectivity index (χ4n) is 1.87. The van der Waals surface area contributed by atoms with Crippen LogP contribution in [-0.2, 0) is 11.2 Å². The molecular weight excluding hydrogens is 297 g/mol. The SMILES string of the molecule is COC(=O)c1nc(-c2ccc(F)c(Cl)c2)oc1CC(C)C. The molecule has 0 aliphatic heterocycles. The first-order valence-electron chi connectivity index (χ1n) is 6.45. The molecule has 1 aromatic heterocycles. The number of benzene rings is 1. The van der Waals surface area contributed by atoms with E-state index in [-0.39, 0.29) is 22.5 Å². The average molecular weight is 312 g/mol. The van der Waals surface area contributed by atoms with Gasteiger partial charge in [-0.05, 0) is 24.1 Å². The zero-order chi connectivity index (χ0) is 15.6. The Bertz CT molecular complexity index is 667. The summed E-state index contributed by atoms with van der Waals surface area (Å²) in [5, 5.41) is -0.0317. The van der Waals surface area contributed by atoms with Gasteiger partial charge in [0, 0.05) is 12.0 Å². The predicted octanol–water partition coefficient (Wildman–Crippen LogP) is 4.12. The van der Waals surface area contributed by atoms with Crippen LogP contribution in [-0.4, -0.2) is 18.1 Å². The number of carbonyl (C=O) groups excluding carboxylic acids is 1. The van der Waals surface area contributed by atoms with Gasteiger partial charge < -0.3 is 9.15 Å². The van der Waals surface area contributed by atoms with Crippen molar-refractivity contribution in [3.63, 3.8) is 0 Å². The zero-order valence-corrected chi connectivity index (χ0v) is 12.7. The van der Waals surface area contributed by atoms with E-state index in [9.17, 15) is 9.18 Å². The summed E-state index contributed by atoms with van der Waals surface area (Å²) in [6, 6.07) is 4.12. The molecule has 0 atom stereocenters. The lowest BCUT2D eigenvalue weighted by atomic mass is 10.1. The van der Waals surface area contributed by atoms with Gasteiger partial charge in [-0.15, -0.1) is 0 Å². The number of ether oxygens (including phenoxy) is 1. The highest BCUT2D eigenvalue weighted by molar-refractivity contribution is 6.31. The lowest BCUT2D eigenvalue weighted by Crippen LogP contribution is -2.06. The molecular formula is C15H15ClFNO3. The van der Waals surface area contributed by atoms with Gasteiger partial charge in [-0.25, -0.2) is 14.2 Å². The Labute approximate surface area is 126 Å². The van der Waals surface area contributed by atoms with E-state index in [1.807, 2.05) is 13.8 Å². The smallest absolute Gasteiger partial charge is 0.360 e. The van der Waals surface area contributed by atoms with Crippen LogP contribution in [0.1, 0.15) is 30.1 Å². The van der Waals surface area contributed by atoms with Gasteiger partial charge in [0.2, 0.25) is 5.89 Å². The maximum atomic E-state index is 13.2. The highest BCUT2D eigenvalue weighted by Crippen LogP contribution is 2.27. The van der Waals surface area contributed by atoms with Crippen molar-refractivity contribution in [1.29, 1.82) is 0 Å². The third kappa shape index (κ3) is 3.42. The van der Waals surface area contributed by atoms with Crippen LogP contribution >= 0.6 is 11.6 Å². The van der Waals surface area contributed by atoms with Gasteiger partial charge in [-0.1, -0.05) is 25.4 Å². The number of aromatic nitrogens is 1. The number of methoxy groups -OCH3 is 1. The minimum atomic E-state index is -0.561. The first kappa shape index (κ1) is 15.5. The van der Waals surface area contributed by atoms with Crippen molar-refractivity contribution in [3.05, 3.63) is 40.5 Å². The molecule has 0 aliphatic carbocycles. The molecule has 0 amide bonds. The molecule has 0 fully saturated rings. The first-order valence-corrected chi connectivity index (χ1v) is 6.83. The van der Waals surface area contributed by atoms with Crippen LogP contribution < -0.4 is 0 Å². The number of carbonyl (C=O) groups is 1. The fourth-order valence-corrected chi connectivity index (χ4v) is 2.05. The second-order valence-corrected chi connectivity index (χ2v) is 5.42. The maximum Gasteiger partial charge on any atom is 0.360 e. The second kappa shape index (κ2) is 6.26. The van der Waals surface area contributed by atoms with Gasteiger partial charge in [0.05, 0.1) is 12.1 Å². The standard InChI is InChI=1S/C15H15ClFNO3/c1-8(2)6-12-13(15(19)20-3)18-14(21-12)9-4-5-11(17)10(16)7-9/h4-5,7-8H,6H2,1-3H3. The van der Waals surface area contributed by atoms with E-state index >= 15 is 0 Å². The molecule has 1 heterocycles. The normalized spacial score (nSPS) is 11.0. The fraction of sp³-hybridized carbons (Fsp3) is 0.333. The van der Waals surface area contributed by atoms with Crippen LogP contribution in [0.3, 0.4) is 0 Å². The van der Waals surface area contributed by atoms with Crippen molar-refractivity contribution in [1.82, 2.24) is 4.98 Å². The zero-order valence-electron chi connectivity index (χ0n) is 11.9. The second-order valence-electron chi connectivity index (χ2n) is 5.01. The molecule has 6 heteroatoms. The van der Waals surface area contributed by atoms with Crippen molar-refractivity contribution in [2.24, 2.45) is 5.92 Å². The number of hydrogen-bond donors (Lipinski definition) is 0. The summed E-state index contributed by atoms with van der Waals surface area (Å²) in [5.41, 5.74) is 0.642. The van der Waals surface area contributed by atoms with Gasteiger partial charge in [-0.2, -0.15) is 0 Å². The van der Waals surface area contributed by atoms with Gasteiger partial charge in [0.15, 0.2) is 5.69 Å². The maximum absolute atomic E-state index is 13.2. The molecule has 112 valence electrons. The summed E-state index contributed by atoms with van der Waals surface area (Å²) in [4.78, 5) is 15.9. The van der Waals surface area contributed by atoms with Crippen LogP contribution in [0.15, 0.2) is 22.6 Å². The van der Waals surface area contributed by atoms with Gasteiger partial charge in [0.25, 0.3) is 0 Å². The molecule has 2 rings (SSSR count). The Morgan fingerprint density at radius 2 is 2.19 bits per heavy atom. The lowest BCUT2D eigenvalue weighted by Gasteiger charge is -2.02. The van der Waals surface area contributed by atoms with Crippen molar-refractivity contribution in [3.8, 4) is 11.5 Å². The molecule has 2 aromatic rings. The molecule has 0 N–H and O–H groups in total. The van der Waals surface area contributed by atoms with Crippen LogP contribution in [0.5, 0.6) is 0 Å². The lowest BCUT2D eigenvalue weighted by molar-refractivity contribution is 0.0592. The molecule has 1 aromatic carbocycles. The van der Waals surface area contributed by atoms with E-state index < -0.39 is 11.8 Å². The van der Waals surface area contributed by atoms with Gasteiger partial charge in [-0.3, -0.25) is 0 Å². The van der Waals surface area contributed by atoms with E-state index in [0.717, 1.165) is 0 Å². The average Bonchev–Trinajstić information content (AvgIpc) is 2.84. The molecule has 0 saturated carbocycles. The molecule has 0 unspecified atom stereocenters. The van der Waals surface area contributed by atoms with Crippen LogP contribution in [0, 0.1) is 11.7 Å². The minimum absolute atomic E-state index is 0.0317. The number of esters is 1. The summed E-state index contributed by atoms with van der Waals surface area (Å²) in [6.45, 7) is 4.00. The quantitative estimate of drug-likeness (QED) is 0.797. The predicted molar refractivity (Wildman–Crippen MR) is 76.8 cm³/mol. The molecule has 4 nitrogen and oxygen atoms in total. The molecule has 0 bridgehead atoms. The Kier molecular flexibility index (Phi) is 4.63. The van der Waals surface area contributed by atoms with Crippen molar-refractivity contribution < 1.29 is 18.3 Å². The van der Waals surface area contributed by atoms with E-state index in [4.69, 9.17) is 20.8 Å². The molecule has 21 heavy (non-hydrogen) atoms. The Morgan fingerprint density at radius 1 is 1.48 bits per heavy atom. The summed E-state index contributed by atoms with van der Waals surface area (Å²) in [7, 11) is 1.28. The minimum Gasteiger partial charge on any atom is -0.464 e. The van der Waals surface area contributed by atoms with Crippen molar-refractivity contribution >= 4 is 17.6 Å². The number of halogens is 2. The monoisotopic (exact) mass is 311 g/mol. The van der Waals surface area contributed by atoms with E-state index in [2.05, 4.69) is 4.98 Å². The van der Waals surface area contributed by atoms with Crippen molar-refractivity contribution in [2.75, 3.05) is 7.11 Å². The Morgan fingerprint density at radius 3 is 2.76 bits per heavy atom. The van der Waals surface area contributed by atoms with Crippen molar-refractivity contribution in [2.45, 2.75) is 20.3 Å².